The van der Waals surface area contributed by atoms with Crippen molar-refractivity contribution in [2.45, 2.75) is 36.0 Å². The monoisotopic (exact) mass is 856 g/mol. The van der Waals surface area contributed by atoms with Gasteiger partial charge in [-0.15, -0.1) is 0 Å². The number of halogens is 4. The van der Waals surface area contributed by atoms with E-state index in [9.17, 15) is 19.2 Å². The lowest BCUT2D eigenvalue weighted by Gasteiger charge is -2.28. The fourth-order valence-electron chi connectivity index (χ4n) is 7.43. The second kappa shape index (κ2) is 12.6. The van der Waals surface area contributed by atoms with Crippen molar-refractivity contribution in [3.8, 4) is 17.0 Å². The molecule has 2 saturated carbocycles. The highest BCUT2D eigenvalue weighted by molar-refractivity contribution is 9.12. The van der Waals surface area contributed by atoms with E-state index >= 15 is 0 Å². The molecule has 12 heteroatoms. The summed E-state index contributed by atoms with van der Waals surface area (Å²) in [5.74, 6) is -1.16. The van der Waals surface area contributed by atoms with E-state index in [-0.39, 0.29) is 56.5 Å². The van der Waals surface area contributed by atoms with Crippen molar-refractivity contribution >= 4 is 99.5 Å². The Morgan fingerprint density at radius 3 is 2.15 bits per heavy atom. The van der Waals surface area contributed by atoms with Gasteiger partial charge in [-0.3, -0.25) is 19.3 Å². The number of fused-ring (bicyclic) bond motifs is 6. The molecule has 48 heavy (non-hydrogen) atoms. The summed E-state index contributed by atoms with van der Waals surface area (Å²) in [5.41, 5.74) is 3.33. The van der Waals surface area contributed by atoms with Gasteiger partial charge in [0.05, 0.1) is 46.4 Å². The SMILES string of the molecule is COc1ccc(C(=O)C(C)OC(=O)c2cc(-c3ccc(N4C(=O)C5C6CC(C(Br)C6Br)C5C4=O)cc3)nc3c(C)c(Cl)c(Br)cc23)cc1. The van der Waals surface area contributed by atoms with Crippen molar-refractivity contribution in [3.05, 3.63) is 86.8 Å². The number of ketones is 1. The number of hydrogen-bond acceptors (Lipinski definition) is 7. The number of hydrogen-bond donors (Lipinski definition) is 0. The zero-order valence-corrected chi connectivity index (χ0v) is 31.4. The van der Waals surface area contributed by atoms with Gasteiger partial charge in [0.2, 0.25) is 17.6 Å². The molecule has 2 bridgehead atoms. The number of aryl methyl sites for hydroxylation is 1. The minimum atomic E-state index is -1.07. The minimum absolute atomic E-state index is 0.120. The van der Waals surface area contributed by atoms with Gasteiger partial charge in [0.25, 0.3) is 0 Å². The smallest absolute Gasteiger partial charge is 0.339 e. The molecular formula is C36H28Br3ClN2O6. The summed E-state index contributed by atoms with van der Waals surface area (Å²) >= 11 is 17.5. The number of rotatable bonds is 7. The van der Waals surface area contributed by atoms with Gasteiger partial charge >= 0.3 is 5.97 Å². The molecule has 7 rings (SSSR count). The van der Waals surface area contributed by atoms with Crippen molar-refractivity contribution in [1.82, 2.24) is 4.98 Å². The standard InChI is InChI=1S/C36H28Br3ClN2O6/c1-15-31(40)25(37)13-21-22(36(46)48-16(2)33(43)18-6-10-20(47-3)11-7-18)14-26(41-32(15)21)17-4-8-19(9-5-17)42-34(44)27-23-12-24(28(27)35(42)45)30(39)29(23)38/h4-11,13-14,16,23-24,27-30H,12H2,1-3H3. The van der Waals surface area contributed by atoms with E-state index in [1.165, 1.54) is 18.9 Å². The number of nitrogens with zero attached hydrogens (tertiary/aromatic N) is 2. The number of Topliss-reactive ketones (excluding diaryl/α,β-unsaturated/α-hetero) is 1. The van der Waals surface area contributed by atoms with Crippen LogP contribution in [-0.4, -0.2) is 51.4 Å². The third-order valence-corrected chi connectivity index (χ3v) is 14.4. The first-order valence-corrected chi connectivity index (χ1v) is 18.4. The average Bonchev–Trinajstić information content (AvgIpc) is 3.71. The highest BCUT2D eigenvalue weighted by Gasteiger charge is 2.66. The molecular weight excluding hydrogens is 832 g/mol. The molecule has 1 aromatic heterocycles. The third kappa shape index (κ3) is 5.32. The average molecular weight is 860 g/mol. The molecule has 246 valence electrons. The van der Waals surface area contributed by atoms with E-state index in [4.69, 9.17) is 26.1 Å². The second-order valence-corrected chi connectivity index (χ2v) is 15.8. The number of ether oxygens (including phenoxy) is 2. The van der Waals surface area contributed by atoms with Crippen LogP contribution in [0.15, 0.2) is 65.1 Å². The van der Waals surface area contributed by atoms with Gasteiger partial charge in [-0.05, 0) is 102 Å². The molecule has 0 spiro atoms. The van der Waals surface area contributed by atoms with Crippen LogP contribution in [0.1, 0.15) is 39.6 Å². The number of esters is 1. The summed E-state index contributed by atoms with van der Waals surface area (Å²) in [7, 11) is 1.54. The molecule has 3 fully saturated rings. The predicted octanol–water partition coefficient (Wildman–Crippen LogP) is 8.35. The first-order valence-electron chi connectivity index (χ1n) is 15.4. The normalized spacial score (nSPS) is 25.0. The fourth-order valence-corrected chi connectivity index (χ4v) is 9.97. The van der Waals surface area contributed by atoms with Crippen LogP contribution in [0, 0.1) is 30.6 Å². The number of pyridine rings is 1. The van der Waals surface area contributed by atoms with E-state index in [1.54, 1.807) is 60.7 Å². The van der Waals surface area contributed by atoms with Crippen LogP contribution in [0.2, 0.25) is 5.02 Å². The summed E-state index contributed by atoms with van der Waals surface area (Å²) < 4.78 is 11.5. The number of amides is 2. The number of carbonyl (C=O) groups excluding carboxylic acids is 4. The van der Waals surface area contributed by atoms with Crippen LogP contribution >= 0.6 is 59.4 Å². The number of aromatic nitrogens is 1. The lowest BCUT2D eigenvalue weighted by Crippen LogP contribution is -2.37. The van der Waals surface area contributed by atoms with Gasteiger partial charge in [0.1, 0.15) is 5.75 Å². The quantitative estimate of drug-likeness (QED) is 0.0797. The van der Waals surface area contributed by atoms with Gasteiger partial charge in [0.15, 0.2) is 6.10 Å². The molecule has 2 amide bonds. The highest BCUT2D eigenvalue weighted by atomic mass is 79.9. The largest absolute Gasteiger partial charge is 0.497 e. The maximum absolute atomic E-state index is 13.7. The lowest BCUT2D eigenvalue weighted by atomic mass is 9.81. The van der Waals surface area contributed by atoms with E-state index in [1.807, 2.05) is 6.92 Å². The molecule has 3 aliphatic rings. The van der Waals surface area contributed by atoms with Crippen LogP contribution in [0.25, 0.3) is 22.2 Å². The van der Waals surface area contributed by atoms with Crippen molar-refractivity contribution in [1.29, 1.82) is 0 Å². The Kier molecular flexibility index (Phi) is 8.79. The molecule has 7 unspecified atom stereocenters. The molecule has 2 aliphatic carbocycles. The topological polar surface area (TPSA) is 103 Å². The first-order chi connectivity index (χ1) is 22.9. The van der Waals surface area contributed by atoms with E-state index in [2.05, 4.69) is 47.8 Å². The van der Waals surface area contributed by atoms with Crippen LogP contribution in [0.4, 0.5) is 5.69 Å². The zero-order valence-electron chi connectivity index (χ0n) is 25.9. The van der Waals surface area contributed by atoms with Gasteiger partial charge in [0, 0.05) is 30.6 Å². The predicted molar refractivity (Wildman–Crippen MR) is 193 cm³/mol. The molecule has 3 aromatic carbocycles. The number of benzene rings is 3. The Morgan fingerprint density at radius 2 is 1.56 bits per heavy atom. The summed E-state index contributed by atoms with van der Waals surface area (Å²) in [6, 6.07) is 16.9. The van der Waals surface area contributed by atoms with Crippen molar-refractivity contribution in [3.63, 3.8) is 0 Å². The van der Waals surface area contributed by atoms with Crippen molar-refractivity contribution < 1.29 is 28.7 Å². The Labute approximate surface area is 306 Å². The number of carbonyl (C=O) groups is 4. The van der Waals surface area contributed by atoms with Crippen LogP contribution in [0.3, 0.4) is 0 Å². The lowest BCUT2D eigenvalue weighted by molar-refractivity contribution is -0.123. The van der Waals surface area contributed by atoms with Gasteiger partial charge in [-0.2, -0.15) is 0 Å². The highest BCUT2D eigenvalue weighted by Crippen LogP contribution is 2.60. The first kappa shape index (κ1) is 33.4. The Hall–Kier alpha value is -3.12. The number of anilines is 1. The zero-order chi connectivity index (χ0) is 34.2. The second-order valence-electron chi connectivity index (χ2n) is 12.5. The minimum Gasteiger partial charge on any atom is -0.497 e. The van der Waals surface area contributed by atoms with Crippen molar-refractivity contribution in [2.24, 2.45) is 23.7 Å². The number of alkyl halides is 2. The molecule has 0 radical (unpaired) electrons. The van der Waals surface area contributed by atoms with E-state index in [0.717, 1.165) is 6.42 Å². The Bertz CT molecular complexity index is 1990. The molecule has 1 aliphatic heterocycles. The van der Waals surface area contributed by atoms with Crippen LogP contribution in [-0.2, 0) is 14.3 Å². The summed E-state index contributed by atoms with van der Waals surface area (Å²) in [5, 5.41) is 0.953. The Morgan fingerprint density at radius 1 is 0.958 bits per heavy atom. The maximum Gasteiger partial charge on any atom is 0.339 e. The van der Waals surface area contributed by atoms with Gasteiger partial charge in [-0.1, -0.05) is 55.6 Å². The Balaban J connectivity index is 1.20. The molecule has 0 N–H and O–H groups in total. The summed E-state index contributed by atoms with van der Waals surface area (Å²) in [6.07, 6.45) is -0.211. The summed E-state index contributed by atoms with van der Waals surface area (Å²) in [6.45, 7) is 3.34. The third-order valence-electron chi connectivity index (χ3n) is 9.88. The van der Waals surface area contributed by atoms with Gasteiger partial charge < -0.3 is 9.47 Å². The maximum atomic E-state index is 13.7. The number of methoxy groups -OCH3 is 1. The van der Waals surface area contributed by atoms with Gasteiger partial charge in [-0.25, -0.2) is 9.78 Å². The molecule has 4 aromatic rings. The van der Waals surface area contributed by atoms with E-state index < -0.39 is 12.1 Å². The molecule has 1 saturated heterocycles. The molecule has 2 heterocycles. The molecule has 7 atom stereocenters. The van der Waals surface area contributed by atoms with Crippen molar-refractivity contribution in [2.75, 3.05) is 12.0 Å². The fraction of sp³-hybridized carbons (Fsp3) is 0.306. The van der Waals surface area contributed by atoms with E-state index in [0.29, 0.717) is 54.2 Å². The van der Waals surface area contributed by atoms with Crippen LogP contribution < -0.4 is 9.64 Å². The number of imide groups is 1. The summed E-state index contributed by atoms with van der Waals surface area (Å²) in [4.78, 5) is 60.5. The van der Waals surface area contributed by atoms with Crippen LogP contribution in [0.5, 0.6) is 5.75 Å². The molecule has 8 nitrogen and oxygen atoms in total.